The molecule has 76 valence electrons. The van der Waals surface area contributed by atoms with Crippen LogP contribution in [0.5, 0.6) is 0 Å². The average Bonchev–Trinajstić information content (AvgIpc) is 2.33. The molecule has 0 radical (unpaired) electrons. The smallest absolute Gasteiger partial charge is 0.337 e. The molecule has 2 rings (SSSR count). The zero-order valence-corrected chi connectivity index (χ0v) is 7.82. The van der Waals surface area contributed by atoms with Gasteiger partial charge in [-0.3, -0.25) is 4.98 Å². The predicted octanol–water partition coefficient (Wildman–Crippen LogP) is 1.26. The Bertz CT molecular complexity index is 365. The van der Waals surface area contributed by atoms with E-state index < -0.39 is 5.97 Å². The summed E-state index contributed by atoms with van der Waals surface area (Å²) in [5, 5.41) is 15.4. The van der Waals surface area contributed by atoms with Gasteiger partial charge in [-0.05, 0) is 24.3 Å². The lowest BCUT2D eigenvalue weighted by Crippen LogP contribution is -1.94. The molecule has 0 atom stereocenters. The van der Waals surface area contributed by atoms with Crippen molar-refractivity contribution in [1.29, 1.82) is 0 Å². The number of hydrogen-bond acceptors (Lipinski definition) is 4. The molecule has 1 N–H and O–H groups in total. The van der Waals surface area contributed by atoms with Gasteiger partial charge in [0.1, 0.15) is 0 Å². The molecule has 2 aromatic rings. The summed E-state index contributed by atoms with van der Waals surface area (Å²) in [5.41, 5.74) is 0.220. The number of carboxylic acid groups (broad SMARTS) is 1. The summed E-state index contributed by atoms with van der Waals surface area (Å²) in [7, 11) is 0. The Kier molecular flexibility index (Phi) is 4.45. The highest BCUT2D eigenvalue weighted by molar-refractivity contribution is 5.86. The topological polar surface area (TPSA) is 76.0 Å². The Morgan fingerprint density at radius 3 is 2.00 bits per heavy atom. The van der Waals surface area contributed by atoms with Gasteiger partial charge in [0.25, 0.3) is 0 Å². The normalized spacial score (nSPS) is 8.53. The van der Waals surface area contributed by atoms with Gasteiger partial charge in [0.15, 0.2) is 0 Å². The lowest BCUT2D eigenvalue weighted by molar-refractivity contribution is 0.0696. The minimum Gasteiger partial charge on any atom is -0.478 e. The molecule has 2 heterocycles. The molecule has 0 amide bonds. The van der Waals surface area contributed by atoms with Gasteiger partial charge in [-0.25, -0.2) is 4.79 Å². The van der Waals surface area contributed by atoms with Gasteiger partial charge in [0.05, 0.1) is 5.56 Å². The van der Waals surface area contributed by atoms with Crippen molar-refractivity contribution in [2.75, 3.05) is 0 Å². The van der Waals surface area contributed by atoms with E-state index in [9.17, 15) is 4.79 Å². The van der Waals surface area contributed by atoms with Crippen molar-refractivity contribution in [3.63, 3.8) is 0 Å². The van der Waals surface area contributed by atoms with Gasteiger partial charge in [-0.1, -0.05) is 0 Å². The van der Waals surface area contributed by atoms with Crippen LogP contribution in [-0.4, -0.2) is 26.3 Å². The molecule has 0 fully saturated rings. The summed E-state index contributed by atoms with van der Waals surface area (Å²) >= 11 is 0. The molecular weight excluding hydrogens is 194 g/mol. The molecule has 15 heavy (non-hydrogen) atoms. The third kappa shape index (κ3) is 4.47. The summed E-state index contributed by atoms with van der Waals surface area (Å²) in [6.07, 6.45) is 6.12. The second-order valence-electron chi connectivity index (χ2n) is 2.46. The first-order valence-corrected chi connectivity index (χ1v) is 4.15. The number of aromatic carboxylic acids is 1. The zero-order valence-electron chi connectivity index (χ0n) is 7.82. The average molecular weight is 203 g/mol. The van der Waals surface area contributed by atoms with E-state index in [2.05, 4.69) is 15.2 Å². The van der Waals surface area contributed by atoms with E-state index in [0.29, 0.717) is 0 Å². The standard InChI is InChI=1S/C6H5NO2.C4H4N2/c8-6(9)5-2-1-3-7-4-5;1-2-4-6-5-3-1/h1-4H,(H,8,9);1-4H. The van der Waals surface area contributed by atoms with E-state index in [1.165, 1.54) is 18.5 Å². The van der Waals surface area contributed by atoms with Crippen LogP contribution in [0.2, 0.25) is 0 Å². The van der Waals surface area contributed by atoms with Crippen LogP contribution in [0.25, 0.3) is 0 Å². The van der Waals surface area contributed by atoms with E-state index in [1.807, 2.05) is 12.1 Å². The van der Waals surface area contributed by atoms with Crippen LogP contribution < -0.4 is 0 Å². The maximum absolute atomic E-state index is 10.2. The molecule has 0 saturated heterocycles. The van der Waals surface area contributed by atoms with E-state index in [-0.39, 0.29) is 5.56 Å². The molecule has 0 bridgehead atoms. The second kappa shape index (κ2) is 6.20. The SMILES string of the molecule is O=C(O)c1cccnc1.c1ccnnc1. The minimum atomic E-state index is -0.942. The van der Waals surface area contributed by atoms with Gasteiger partial charge in [-0.2, -0.15) is 10.2 Å². The van der Waals surface area contributed by atoms with E-state index in [4.69, 9.17) is 5.11 Å². The van der Waals surface area contributed by atoms with Crippen LogP contribution in [0.15, 0.2) is 49.1 Å². The van der Waals surface area contributed by atoms with Crippen LogP contribution >= 0.6 is 0 Å². The number of hydrogen-bond donors (Lipinski definition) is 1. The van der Waals surface area contributed by atoms with Crippen molar-refractivity contribution in [3.8, 4) is 0 Å². The van der Waals surface area contributed by atoms with Crippen LogP contribution in [0.1, 0.15) is 10.4 Å². The fourth-order valence-corrected chi connectivity index (χ4v) is 0.743. The van der Waals surface area contributed by atoms with Crippen molar-refractivity contribution in [2.24, 2.45) is 0 Å². The maximum atomic E-state index is 10.2. The summed E-state index contributed by atoms with van der Waals surface area (Å²) in [4.78, 5) is 13.8. The molecular formula is C10H9N3O2. The highest BCUT2D eigenvalue weighted by Gasteiger charge is 1.97. The lowest BCUT2D eigenvalue weighted by Gasteiger charge is -1.87. The van der Waals surface area contributed by atoms with Gasteiger partial charge in [0.2, 0.25) is 0 Å². The molecule has 0 aliphatic heterocycles. The fraction of sp³-hybridized carbons (Fsp3) is 0. The van der Waals surface area contributed by atoms with Crippen LogP contribution in [0, 0.1) is 0 Å². The zero-order chi connectivity index (χ0) is 10.9. The van der Waals surface area contributed by atoms with Crippen LogP contribution in [0.4, 0.5) is 0 Å². The first-order chi connectivity index (χ1) is 7.30. The van der Waals surface area contributed by atoms with Crippen molar-refractivity contribution in [2.45, 2.75) is 0 Å². The highest BCUT2D eigenvalue weighted by Crippen LogP contribution is 1.92. The van der Waals surface area contributed by atoms with E-state index in [0.717, 1.165) is 0 Å². The molecule has 5 heteroatoms. The first-order valence-electron chi connectivity index (χ1n) is 4.15. The quantitative estimate of drug-likeness (QED) is 0.754. The van der Waals surface area contributed by atoms with Gasteiger partial charge < -0.3 is 5.11 Å². The monoisotopic (exact) mass is 203 g/mol. The molecule has 0 aliphatic rings. The van der Waals surface area contributed by atoms with E-state index in [1.54, 1.807) is 18.5 Å². The van der Waals surface area contributed by atoms with Gasteiger partial charge in [0, 0.05) is 24.8 Å². The number of carboxylic acids is 1. The Balaban J connectivity index is 0.000000162. The van der Waals surface area contributed by atoms with Crippen molar-refractivity contribution < 1.29 is 9.90 Å². The Labute approximate surface area is 86.4 Å². The lowest BCUT2D eigenvalue weighted by atomic mass is 10.3. The summed E-state index contributed by atoms with van der Waals surface area (Å²) < 4.78 is 0. The second-order valence-corrected chi connectivity index (χ2v) is 2.46. The van der Waals surface area contributed by atoms with Gasteiger partial charge in [-0.15, -0.1) is 0 Å². The number of pyridine rings is 1. The largest absolute Gasteiger partial charge is 0.478 e. The van der Waals surface area contributed by atoms with Crippen LogP contribution in [-0.2, 0) is 0 Å². The van der Waals surface area contributed by atoms with E-state index >= 15 is 0 Å². The summed E-state index contributed by atoms with van der Waals surface area (Å²) in [5.74, 6) is -0.942. The molecule has 0 spiro atoms. The van der Waals surface area contributed by atoms with Crippen molar-refractivity contribution in [3.05, 3.63) is 54.6 Å². The third-order valence-electron chi connectivity index (χ3n) is 1.39. The number of aromatic nitrogens is 3. The fourth-order valence-electron chi connectivity index (χ4n) is 0.743. The molecule has 0 aromatic carbocycles. The molecule has 0 aliphatic carbocycles. The number of rotatable bonds is 1. The minimum absolute atomic E-state index is 0.220. The number of carbonyl (C=O) groups is 1. The summed E-state index contributed by atoms with van der Waals surface area (Å²) in [6, 6.07) is 6.73. The Hall–Kier alpha value is -2.30. The number of nitrogens with zero attached hydrogens (tertiary/aromatic N) is 3. The third-order valence-corrected chi connectivity index (χ3v) is 1.39. The molecule has 0 unspecified atom stereocenters. The van der Waals surface area contributed by atoms with Gasteiger partial charge >= 0.3 is 5.97 Å². The van der Waals surface area contributed by atoms with Crippen molar-refractivity contribution >= 4 is 5.97 Å². The Morgan fingerprint density at radius 1 is 1.07 bits per heavy atom. The first kappa shape index (κ1) is 10.8. The maximum Gasteiger partial charge on any atom is 0.337 e. The highest BCUT2D eigenvalue weighted by atomic mass is 16.4. The van der Waals surface area contributed by atoms with Crippen molar-refractivity contribution in [1.82, 2.24) is 15.2 Å². The van der Waals surface area contributed by atoms with Crippen LogP contribution in [0.3, 0.4) is 0 Å². The molecule has 0 saturated carbocycles. The predicted molar refractivity (Wildman–Crippen MR) is 53.2 cm³/mol. The summed E-state index contributed by atoms with van der Waals surface area (Å²) in [6.45, 7) is 0. The molecule has 2 aromatic heterocycles. The Morgan fingerprint density at radius 2 is 1.73 bits per heavy atom. The molecule has 5 nitrogen and oxygen atoms in total.